The van der Waals surface area contributed by atoms with Crippen molar-refractivity contribution < 1.29 is 14.0 Å². The molecule has 108 valence electrons. The molecule has 0 aromatic heterocycles. The predicted molar refractivity (Wildman–Crippen MR) is 79.3 cm³/mol. The van der Waals surface area contributed by atoms with E-state index < -0.39 is 11.8 Å². The number of carbonyl (C=O) groups excluding carboxylic acids is 2. The number of carbonyl (C=O) groups is 2. The molecule has 0 atom stereocenters. The molecule has 0 bridgehead atoms. The smallest absolute Gasteiger partial charge is 0.261 e. The molecule has 1 saturated heterocycles. The molecule has 0 radical (unpaired) electrons. The minimum atomic E-state index is -0.407. The van der Waals surface area contributed by atoms with E-state index >= 15 is 0 Å². The van der Waals surface area contributed by atoms with Gasteiger partial charge >= 0.3 is 0 Å². The Labute approximate surface area is 123 Å². The lowest BCUT2D eigenvalue weighted by Crippen LogP contribution is -2.33. The lowest BCUT2D eigenvalue weighted by atomic mass is 10.0. The topological polar surface area (TPSA) is 40.6 Å². The van der Waals surface area contributed by atoms with Gasteiger partial charge in [0.1, 0.15) is 5.83 Å². The molecule has 2 amide bonds. The van der Waals surface area contributed by atoms with Gasteiger partial charge in [0.25, 0.3) is 11.8 Å². The molecule has 21 heavy (non-hydrogen) atoms. The fourth-order valence-corrected chi connectivity index (χ4v) is 2.90. The van der Waals surface area contributed by atoms with Gasteiger partial charge in [-0.25, -0.2) is 4.39 Å². The molecule has 2 heterocycles. The second kappa shape index (κ2) is 5.45. The first-order chi connectivity index (χ1) is 10.1. The standard InChI is InChI=1S/C15H16BFN2O2/c16-18-7-3-4-10(8-18)13(17)9-19-14(20)11-5-1-2-6-12(11)15(19)21/h1-2,5-6H,3-4,7-9,16H2/b13-10+. The average Bonchev–Trinajstić information content (AvgIpc) is 2.73. The maximum Gasteiger partial charge on any atom is 0.261 e. The summed E-state index contributed by atoms with van der Waals surface area (Å²) in [5, 5.41) is 0. The van der Waals surface area contributed by atoms with E-state index in [4.69, 9.17) is 0 Å². The largest absolute Gasteiger partial charge is 0.345 e. The molecule has 1 aromatic rings. The molecule has 0 spiro atoms. The third-order valence-electron chi connectivity index (χ3n) is 4.04. The lowest BCUT2D eigenvalue weighted by Gasteiger charge is -2.26. The third kappa shape index (κ3) is 2.51. The Morgan fingerprint density at radius 1 is 1.19 bits per heavy atom. The van der Waals surface area contributed by atoms with Crippen molar-refractivity contribution in [2.24, 2.45) is 0 Å². The van der Waals surface area contributed by atoms with Crippen LogP contribution in [-0.2, 0) is 0 Å². The van der Waals surface area contributed by atoms with Crippen LogP contribution in [0.3, 0.4) is 0 Å². The van der Waals surface area contributed by atoms with E-state index in [0.717, 1.165) is 17.9 Å². The molecule has 0 saturated carbocycles. The Balaban J connectivity index is 1.82. The van der Waals surface area contributed by atoms with Crippen LogP contribution < -0.4 is 0 Å². The normalized spacial score (nSPS) is 21.7. The van der Waals surface area contributed by atoms with Crippen molar-refractivity contribution in [3.05, 3.63) is 46.8 Å². The van der Waals surface area contributed by atoms with Crippen LogP contribution in [0.1, 0.15) is 33.6 Å². The number of benzene rings is 1. The average molecular weight is 286 g/mol. The Morgan fingerprint density at radius 2 is 1.81 bits per heavy atom. The van der Waals surface area contributed by atoms with Gasteiger partial charge < -0.3 is 4.81 Å². The number of rotatable bonds is 2. The van der Waals surface area contributed by atoms with Crippen LogP contribution >= 0.6 is 0 Å². The van der Waals surface area contributed by atoms with E-state index in [-0.39, 0.29) is 12.4 Å². The van der Waals surface area contributed by atoms with E-state index in [0.29, 0.717) is 29.7 Å². The van der Waals surface area contributed by atoms with Gasteiger partial charge in [0, 0.05) is 6.54 Å². The molecular formula is C15H16BFN2O2. The van der Waals surface area contributed by atoms with Crippen molar-refractivity contribution >= 4 is 19.8 Å². The summed E-state index contributed by atoms with van der Waals surface area (Å²) in [5.74, 6) is -1.16. The minimum Gasteiger partial charge on any atom is -0.345 e. The van der Waals surface area contributed by atoms with Crippen molar-refractivity contribution in [3.63, 3.8) is 0 Å². The summed E-state index contributed by atoms with van der Waals surface area (Å²) < 4.78 is 14.4. The van der Waals surface area contributed by atoms with Crippen molar-refractivity contribution in [1.29, 1.82) is 0 Å². The zero-order chi connectivity index (χ0) is 15.0. The fraction of sp³-hybridized carbons (Fsp3) is 0.333. The highest BCUT2D eigenvalue weighted by molar-refractivity contribution is 6.21. The van der Waals surface area contributed by atoms with Gasteiger partial charge in [-0.1, -0.05) is 12.1 Å². The summed E-state index contributed by atoms with van der Waals surface area (Å²) in [6.45, 7) is 1.26. The van der Waals surface area contributed by atoms with E-state index in [1.54, 1.807) is 24.3 Å². The molecule has 0 aliphatic carbocycles. The number of halogens is 1. The summed E-state index contributed by atoms with van der Waals surface area (Å²) in [5.41, 5.74) is 1.42. The highest BCUT2D eigenvalue weighted by Gasteiger charge is 2.36. The molecule has 1 fully saturated rings. The first-order valence-electron chi connectivity index (χ1n) is 7.08. The van der Waals surface area contributed by atoms with Crippen LogP contribution in [0.2, 0.25) is 0 Å². The van der Waals surface area contributed by atoms with Crippen LogP contribution in [0.25, 0.3) is 0 Å². The Hall–Kier alpha value is -1.95. The second-order valence-corrected chi connectivity index (χ2v) is 5.59. The maximum atomic E-state index is 14.4. The summed E-state index contributed by atoms with van der Waals surface area (Å²) in [4.78, 5) is 27.4. The molecule has 3 rings (SSSR count). The number of hydrogen-bond donors (Lipinski definition) is 0. The van der Waals surface area contributed by atoms with Crippen molar-refractivity contribution in [2.45, 2.75) is 12.8 Å². The number of imide groups is 1. The van der Waals surface area contributed by atoms with E-state index in [1.807, 2.05) is 12.8 Å². The van der Waals surface area contributed by atoms with E-state index in [2.05, 4.69) is 0 Å². The maximum absolute atomic E-state index is 14.4. The first-order valence-corrected chi connectivity index (χ1v) is 7.08. The summed E-state index contributed by atoms with van der Waals surface area (Å²) >= 11 is 0. The zero-order valence-corrected chi connectivity index (χ0v) is 11.9. The minimum absolute atomic E-state index is 0.254. The van der Waals surface area contributed by atoms with Gasteiger partial charge in [0.15, 0.2) is 7.98 Å². The van der Waals surface area contributed by atoms with Crippen LogP contribution in [-0.4, -0.2) is 49.1 Å². The fourth-order valence-electron chi connectivity index (χ4n) is 2.90. The van der Waals surface area contributed by atoms with Gasteiger partial charge in [0.05, 0.1) is 17.7 Å². The van der Waals surface area contributed by atoms with Gasteiger partial charge in [0.2, 0.25) is 0 Å². The van der Waals surface area contributed by atoms with Crippen LogP contribution in [0, 0.1) is 0 Å². The number of hydrogen-bond acceptors (Lipinski definition) is 3. The number of amides is 2. The number of nitrogens with zero attached hydrogens (tertiary/aromatic N) is 2. The highest BCUT2D eigenvalue weighted by Crippen LogP contribution is 2.25. The molecule has 2 aliphatic rings. The number of piperidine rings is 1. The van der Waals surface area contributed by atoms with Crippen molar-refractivity contribution in [1.82, 2.24) is 9.71 Å². The molecule has 6 heteroatoms. The van der Waals surface area contributed by atoms with Crippen LogP contribution in [0.4, 0.5) is 4.39 Å². The molecule has 1 aromatic carbocycles. The summed E-state index contributed by atoms with van der Waals surface area (Å²) in [6.07, 6.45) is 1.60. The van der Waals surface area contributed by atoms with Crippen molar-refractivity contribution in [2.75, 3.05) is 19.6 Å². The summed E-state index contributed by atoms with van der Waals surface area (Å²) in [7, 11) is 1.94. The van der Waals surface area contributed by atoms with Gasteiger partial charge in [-0.05, 0) is 37.1 Å². The molecule has 2 aliphatic heterocycles. The second-order valence-electron chi connectivity index (χ2n) is 5.59. The molecular weight excluding hydrogens is 270 g/mol. The van der Waals surface area contributed by atoms with Gasteiger partial charge in [-0.2, -0.15) is 0 Å². The monoisotopic (exact) mass is 286 g/mol. The molecule has 0 unspecified atom stereocenters. The van der Waals surface area contributed by atoms with Crippen LogP contribution in [0.5, 0.6) is 0 Å². The van der Waals surface area contributed by atoms with E-state index in [9.17, 15) is 14.0 Å². The lowest BCUT2D eigenvalue weighted by molar-refractivity contribution is 0.0659. The zero-order valence-electron chi connectivity index (χ0n) is 11.9. The SMILES string of the molecule is BN1CCC/C(=C(\F)CN2C(=O)c3ccccc3C2=O)C1. The third-order valence-corrected chi connectivity index (χ3v) is 4.04. The van der Waals surface area contributed by atoms with E-state index in [1.165, 1.54) is 0 Å². The Bertz CT molecular complexity index is 609. The number of fused-ring (bicyclic) bond motifs is 1. The first kappa shape index (κ1) is 14.0. The quantitative estimate of drug-likeness (QED) is 0.605. The Kier molecular flexibility index (Phi) is 3.63. The summed E-state index contributed by atoms with van der Waals surface area (Å²) in [6, 6.07) is 6.63. The van der Waals surface area contributed by atoms with Crippen LogP contribution in [0.15, 0.2) is 35.7 Å². The van der Waals surface area contributed by atoms with Gasteiger partial charge in [-0.3, -0.25) is 14.5 Å². The molecule has 4 nitrogen and oxygen atoms in total. The Morgan fingerprint density at radius 3 is 2.38 bits per heavy atom. The predicted octanol–water partition coefficient (Wildman–Crippen LogP) is 1.15. The molecule has 0 N–H and O–H groups in total. The van der Waals surface area contributed by atoms with Gasteiger partial charge in [-0.15, -0.1) is 0 Å². The van der Waals surface area contributed by atoms with Crippen molar-refractivity contribution in [3.8, 4) is 0 Å². The highest BCUT2D eigenvalue weighted by atomic mass is 19.1.